The molecule has 106 valence electrons. The van der Waals surface area contributed by atoms with Gasteiger partial charge in [-0.3, -0.25) is 0 Å². The molecule has 0 amide bonds. The molecule has 0 aliphatic rings. The summed E-state index contributed by atoms with van der Waals surface area (Å²) in [5, 5.41) is 3.31. The van der Waals surface area contributed by atoms with E-state index in [0.717, 1.165) is 18.8 Å². The van der Waals surface area contributed by atoms with E-state index in [9.17, 15) is 4.79 Å². The summed E-state index contributed by atoms with van der Waals surface area (Å²) < 4.78 is 14.8. The Bertz CT molecular complexity index is 378. The van der Waals surface area contributed by atoms with Crippen LogP contribution in [0.1, 0.15) is 6.92 Å². The van der Waals surface area contributed by atoms with Crippen LogP contribution in [0.15, 0.2) is 24.3 Å². The third kappa shape index (κ3) is 6.10. The van der Waals surface area contributed by atoms with E-state index in [1.54, 1.807) is 7.11 Å². The maximum absolute atomic E-state index is 10.9. The predicted molar refractivity (Wildman–Crippen MR) is 73.5 cm³/mol. The second-order valence-electron chi connectivity index (χ2n) is 4.33. The van der Waals surface area contributed by atoms with Crippen molar-refractivity contribution < 1.29 is 19.0 Å². The highest BCUT2D eigenvalue weighted by Gasteiger charge is 2.03. The van der Waals surface area contributed by atoms with Gasteiger partial charge in [-0.2, -0.15) is 0 Å². The fourth-order valence-corrected chi connectivity index (χ4v) is 1.51. The van der Waals surface area contributed by atoms with Gasteiger partial charge in [-0.05, 0) is 30.2 Å². The molecule has 5 nitrogen and oxygen atoms in total. The van der Waals surface area contributed by atoms with E-state index < -0.39 is 5.97 Å². The van der Waals surface area contributed by atoms with Crippen molar-refractivity contribution in [2.75, 3.05) is 39.3 Å². The van der Waals surface area contributed by atoms with E-state index >= 15 is 0 Å². The van der Waals surface area contributed by atoms with Gasteiger partial charge in [-0.1, -0.05) is 6.92 Å². The number of hydrogen-bond acceptors (Lipinski definition) is 5. The molecule has 0 radical (unpaired) electrons. The number of ether oxygens (including phenoxy) is 3. The molecule has 1 atom stereocenters. The predicted octanol–water partition coefficient (Wildman–Crippen LogP) is 1.93. The maximum Gasteiger partial charge on any atom is 0.343 e. The molecule has 1 aromatic carbocycles. The summed E-state index contributed by atoms with van der Waals surface area (Å²) in [5.41, 5.74) is 1.01. The maximum atomic E-state index is 10.9. The zero-order chi connectivity index (χ0) is 14.1. The van der Waals surface area contributed by atoms with Crippen LogP contribution in [0, 0.1) is 5.92 Å². The molecule has 0 aliphatic carbocycles. The molecule has 1 unspecified atom stereocenters. The van der Waals surface area contributed by atoms with Crippen molar-refractivity contribution in [3.8, 4) is 5.75 Å². The second kappa shape index (κ2) is 8.37. The lowest BCUT2D eigenvalue weighted by Gasteiger charge is -2.13. The Hall–Kier alpha value is -1.75. The molecule has 0 spiro atoms. The Morgan fingerprint density at radius 2 is 1.95 bits per heavy atom. The first-order valence-corrected chi connectivity index (χ1v) is 6.18. The highest BCUT2D eigenvalue weighted by atomic mass is 16.6. The average molecular weight is 267 g/mol. The zero-order valence-electron chi connectivity index (χ0n) is 11.6. The topological polar surface area (TPSA) is 56.8 Å². The van der Waals surface area contributed by atoms with Crippen molar-refractivity contribution in [2.24, 2.45) is 5.92 Å². The van der Waals surface area contributed by atoms with Crippen LogP contribution in [-0.4, -0.2) is 39.9 Å². The van der Waals surface area contributed by atoms with Crippen LogP contribution in [0.3, 0.4) is 0 Å². The second-order valence-corrected chi connectivity index (χ2v) is 4.33. The molecular formula is C14H21NO4. The lowest BCUT2D eigenvalue weighted by Crippen LogP contribution is -2.15. The van der Waals surface area contributed by atoms with Crippen LogP contribution >= 0.6 is 0 Å². The summed E-state index contributed by atoms with van der Waals surface area (Å²) in [4.78, 5) is 10.9. The number of rotatable bonds is 8. The van der Waals surface area contributed by atoms with Gasteiger partial charge in [-0.15, -0.1) is 0 Å². The van der Waals surface area contributed by atoms with Crippen LogP contribution in [0.5, 0.6) is 5.75 Å². The first kappa shape index (κ1) is 15.3. The van der Waals surface area contributed by atoms with Crippen molar-refractivity contribution in [1.82, 2.24) is 0 Å². The first-order valence-electron chi connectivity index (χ1n) is 6.18. The van der Waals surface area contributed by atoms with Crippen LogP contribution in [-0.2, 0) is 14.3 Å². The number of carbonyl (C=O) groups excluding carboxylic acids is 1. The van der Waals surface area contributed by atoms with Gasteiger partial charge in [0.2, 0.25) is 0 Å². The summed E-state index contributed by atoms with van der Waals surface area (Å²) in [5.74, 6) is 0.691. The largest absolute Gasteiger partial charge is 0.482 e. The molecule has 0 fully saturated rings. The average Bonchev–Trinajstić information content (AvgIpc) is 2.44. The monoisotopic (exact) mass is 267 g/mol. The molecule has 19 heavy (non-hydrogen) atoms. The number of methoxy groups -OCH3 is 2. The molecular weight excluding hydrogens is 246 g/mol. The van der Waals surface area contributed by atoms with Crippen molar-refractivity contribution in [2.45, 2.75) is 6.92 Å². The summed E-state index contributed by atoms with van der Waals surface area (Å²) in [7, 11) is 3.03. The summed E-state index contributed by atoms with van der Waals surface area (Å²) in [6, 6.07) is 7.44. The van der Waals surface area contributed by atoms with Gasteiger partial charge < -0.3 is 19.5 Å². The van der Waals surface area contributed by atoms with Gasteiger partial charge in [0.05, 0.1) is 13.7 Å². The van der Waals surface area contributed by atoms with E-state index in [1.165, 1.54) is 7.11 Å². The van der Waals surface area contributed by atoms with E-state index in [1.807, 2.05) is 24.3 Å². The summed E-state index contributed by atoms with van der Waals surface area (Å²) >= 11 is 0. The number of carbonyl (C=O) groups is 1. The Kier molecular flexibility index (Phi) is 6.74. The van der Waals surface area contributed by atoms with E-state index in [0.29, 0.717) is 11.7 Å². The van der Waals surface area contributed by atoms with Crippen LogP contribution in [0.4, 0.5) is 5.69 Å². The minimum atomic E-state index is -0.393. The number of hydrogen-bond donors (Lipinski definition) is 1. The summed E-state index contributed by atoms with van der Waals surface area (Å²) in [6.07, 6.45) is 0. The fraction of sp³-hybridized carbons (Fsp3) is 0.500. The van der Waals surface area contributed by atoms with Gasteiger partial charge in [-0.25, -0.2) is 4.79 Å². The Labute approximate surface area is 113 Å². The van der Waals surface area contributed by atoms with Gasteiger partial charge in [0.15, 0.2) is 6.61 Å². The normalized spacial score (nSPS) is 11.7. The highest BCUT2D eigenvalue weighted by Crippen LogP contribution is 2.16. The minimum absolute atomic E-state index is 0.0752. The highest BCUT2D eigenvalue weighted by molar-refractivity contribution is 5.70. The molecule has 0 aromatic heterocycles. The Morgan fingerprint density at radius 1 is 1.26 bits per heavy atom. The molecule has 0 aliphatic heterocycles. The number of anilines is 1. The van der Waals surface area contributed by atoms with Crippen molar-refractivity contribution >= 4 is 11.7 Å². The number of nitrogens with one attached hydrogen (secondary N) is 1. The summed E-state index contributed by atoms with van der Waals surface area (Å²) in [6.45, 7) is 3.61. The SMILES string of the molecule is COCC(C)CNc1ccc(OCC(=O)OC)cc1. The molecule has 1 aromatic rings. The molecule has 0 saturated heterocycles. The van der Waals surface area contributed by atoms with E-state index in [-0.39, 0.29) is 6.61 Å². The van der Waals surface area contributed by atoms with Gasteiger partial charge >= 0.3 is 5.97 Å². The minimum Gasteiger partial charge on any atom is -0.482 e. The lowest BCUT2D eigenvalue weighted by atomic mass is 10.2. The van der Waals surface area contributed by atoms with Gasteiger partial charge in [0, 0.05) is 19.3 Å². The quantitative estimate of drug-likeness (QED) is 0.729. The fourth-order valence-electron chi connectivity index (χ4n) is 1.51. The molecule has 0 saturated carbocycles. The van der Waals surface area contributed by atoms with Crippen LogP contribution < -0.4 is 10.1 Å². The molecule has 0 bridgehead atoms. The molecule has 0 heterocycles. The molecule has 1 rings (SSSR count). The number of benzene rings is 1. The van der Waals surface area contributed by atoms with Gasteiger partial charge in [0.25, 0.3) is 0 Å². The first-order chi connectivity index (χ1) is 9.15. The Morgan fingerprint density at radius 3 is 2.53 bits per heavy atom. The zero-order valence-corrected chi connectivity index (χ0v) is 11.6. The third-order valence-corrected chi connectivity index (χ3v) is 2.54. The smallest absolute Gasteiger partial charge is 0.343 e. The Balaban J connectivity index is 2.36. The molecule has 1 N–H and O–H groups in total. The lowest BCUT2D eigenvalue weighted by molar-refractivity contribution is -0.142. The van der Waals surface area contributed by atoms with Crippen LogP contribution in [0.2, 0.25) is 0 Å². The standard InChI is InChI=1S/C14H21NO4/c1-11(9-17-2)8-15-12-4-6-13(7-5-12)19-10-14(16)18-3/h4-7,11,15H,8-10H2,1-3H3. The number of esters is 1. The van der Waals surface area contributed by atoms with E-state index in [2.05, 4.69) is 17.0 Å². The third-order valence-electron chi connectivity index (χ3n) is 2.54. The van der Waals surface area contributed by atoms with Crippen molar-refractivity contribution in [1.29, 1.82) is 0 Å². The van der Waals surface area contributed by atoms with Crippen molar-refractivity contribution in [3.05, 3.63) is 24.3 Å². The van der Waals surface area contributed by atoms with Gasteiger partial charge in [0.1, 0.15) is 5.75 Å². The molecule has 5 heteroatoms. The van der Waals surface area contributed by atoms with Crippen molar-refractivity contribution in [3.63, 3.8) is 0 Å². The van der Waals surface area contributed by atoms with Crippen LogP contribution in [0.25, 0.3) is 0 Å². The van der Waals surface area contributed by atoms with E-state index in [4.69, 9.17) is 9.47 Å².